The summed E-state index contributed by atoms with van der Waals surface area (Å²) in [4.78, 5) is 4.16. The molecular formula is C12H21N3. The lowest BCUT2D eigenvalue weighted by Gasteiger charge is -2.10. The van der Waals surface area contributed by atoms with Crippen molar-refractivity contribution in [3.05, 3.63) is 35.4 Å². The van der Waals surface area contributed by atoms with Gasteiger partial charge in [-0.2, -0.15) is 0 Å². The smallest absolute Gasteiger partial charge is 0.153 e. The highest BCUT2D eigenvalue weighted by Crippen LogP contribution is 2.15. The van der Waals surface area contributed by atoms with Gasteiger partial charge < -0.3 is 11.1 Å². The Bertz CT molecular complexity index is 309. The summed E-state index contributed by atoms with van der Waals surface area (Å²) in [7, 11) is 0. The molecule has 0 aromatic heterocycles. The van der Waals surface area contributed by atoms with E-state index in [9.17, 15) is 0 Å². The zero-order valence-corrected chi connectivity index (χ0v) is 10.1. The fraction of sp³-hybridized carbons (Fsp3) is 0.417. The Labute approximate surface area is 92.5 Å². The van der Waals surface area contributed by atoms with Crippen LogP contribution in [0.5, 0.6) is 0 Å². The van der Waals surface area contributed by atoms with Gasteiger partial charge in [-0.1, -0.05) is 19.1 Å². The molecule has 15 heavy (non-hydrogen) atoms. The second kappa shape index (κ2) is 6.87. The largest absolute Gasteiger partial charge is 0.396 e. The van der Waals surface area contributed by atoms with Crippen molar-refractivity contribution in [3.63, 3.8) is 0 Å². The molecular weight excluding hydrogens is 186 g/mol. The molecule has 0 unspecified atom stereocenters. The van der Waals surface area contributed by atoms with Gasteiger partial charge in [-0.3, -0.25) is 0 Å². The zero-order chi connectivity index (χ0) is 11.8. The molecule has 3 N–H and O–H groups in total. The van der Waals surface area contributed by atoms with Gasteiger partial charge in [0.05, 0.1) is 5.70 Å². The molecule has 0 aliphatic carbocycles. The van der Waals surface area contributed by atoms with Crippen LogP contribution in [0.3, 0.4) is 0 Å². The van der Waals surface area contributed by atoms with E-state index >= 15 is 0 Å². The molecule has 0 aromatic carbocycles. The highest BCUT2D eigenvalue weighted by atomic mass is 15.0. The van der Waals surface area contributed by atoms with E-state index in [1.54, 1.807) is 12.4 Å². The Morgan fingerprint density at radius 2 is 2.07 bits per heavy atom. The summed E-state index contributed by atoms with van der Waals surface area (Å²) in [6.07, 6.45) is 4.26. The maximum Gasteiger partial charge on any atom is 0.153 e. The van der Waals surface area contributed by atoms with Crippen molar-refractivity contribution in [2.24, 2.45) is 10.7 Å². The molecule has 0 heterocycles. The third-order valence-corrected chi connectivity index (χ3v) is 2.33. The average Bonchev–Trinajstić information content (AvgIpc) is 2.25. The monoisotopic (exact) mass is 207 g/mol. The van der Waals surface area contributed by atoms with E-state index in [1.807, 2.05) is 13.8 Å². The molecule has 0 radical (unpaired) electrons. The average molecular weight is 207 g/mol. The van der Waals surface area contributed by atoms with Gasteiger partial charge in [0.1, 0.15) is 0 Å². The minimum Gasteiger partial charge on any atom is -0.396 e. The number of nitrogens with two attached hydrogens (primary N) is 1. The lowest BCUT2D eigenvalue weighted by atomic mass is 10.1. The van der Waals surface area contributed by atoms with Crippen LogP contribution in [0, 0.1) is 0 Å². The van der Waals surface area contributed by atoms with Crippen molar-refractivity contribution in [2.75, 3.05) is 0 Å². The first-order chi connectivity index (χ1) is 7.08. The van der Waals surface area contributed by atoms with E-state index < -0.39 is 0 Å². The van der Waals surface area contributed by atoms with Gasteiger partial charge >= 0.3 is 0 Å². The molecule has 0 amide bonds. The number of hydrogen-bond acceptors (Lipinski definition) is 3. The molecule has 0 fully saturated rings. The van der Waals surface area contributed by atoms with Crippen LogP contribution in [-0.4, -0.2) is 6.21 Å². The molecule has 0 saturated heterocycles. The fourth-order valence-electron chi connectivity index (χ4n) is 1.08. The molecule has 0 aliphatic rings. The lowest BCUT2D eigenvalue weighted by molar-refractivity contribution is 0.966. The highest BCUT2D eigenvalue weighted by molar-refractivity contribution is 5.56. The van der Waals surface area contributed by atoms with Crippen molar-refractivity contribution in [1.29, 1.82) is 0 Å². The van der Waals surface area contributed by atoms with Crippen LogP contribution in [0.2, 0.25) is 0 Å². The number of rotatable bonds is 5. The molecule has 0 rings (SSSR count). The number of hydrogen-bond donors (Lipinski definition) is 2. The van der Waals surface area contributed by atoms with E-state index in [0.29, 0.717) is 11.5 Å². The normalized spacial score (nSPS) is 14.7. The molecule has 3 heteroatoms. The lowest BCUT2D eigenvalue weighted by Crippen LogP contribution is -2.13. The first-order valence-electron chi connectivity index (χ1n) is 5.11. The van der Waals surface area contributed by atoms with Gasteiger partial charge in [0.25, 0.3) is 0 Å². The highest BCUT2D eigenvalue weighted by Gasteiger charge is 2.04. The van der Waals surface area contributed by atoms with E-state index in [0.717, 1.165) is 12.0 Å². The van der Waals surface area contributed by atoms with Crippen LogP contribution in [0.4, 0.5) is 0 Å². The molecule has 84 valence electrons. The summed E-state index contributed by atoms with van der Waals surface area (Å²) >= 11 is 0. The van der Waals surface area contributed by atoms with Crippen LogP contribution < -0.4 is 11.1 Å². The number of allylic oxidation sites excluding steroid dienone is 2. The topological polar surface area (TPSA) is 50.4 Å². The maximum atomic E-state index is 6.01. The van der Waals surface area contributed by atoms with Crippen LogP contribution in [-0.2, 0) is 0 Å². The molecule has 0 saturated carbocycles. The number of nitrogens with one attached hydrogen (secondary N) is 1. The maximum absolute atomic E-state index is 6.01. The summed E-state index contributed by atoms with van der Waals surface area (Å²) < 4.78 is 0. The van der Waals surface area contributed by atoms with Gasteiger partial charge in [0.15, 0.2) is 5.82 Å². The van der Waals surface area contributed by atoms with Crippen LogP contribution >= 0.6 is 0 Å². The quantitative estimate of drug-likeness (QED) is 0.538. The first kappa shape index (κ1) is 13.5. The van der Waals surface area contributed by atoms with Crippen molar-refractivity contribution < 1.29 is 0 Å². The predicted molar refractivity (Wildman–Crippen MR) is 67.4 cm³/mol. The molecule has 0 bridgehead atoms. The molecule has 0 spiro atoms. The Morgan fingerprint density at radius 3 is 2.47 bits per heavy atom. The zero-order valence-electron chi connectivity index (χ0n) is 10.1. The van der Waals surface area contributed by atoms with Gasteiger partial charge in [-0.05, 0) is 39.0 Å². The van der Waals surface area contributed by atoms with Gasteiger partial charge in [-0.15, -0.1) is 0 Å². The fourth-order valence-corrected chi connectivity index (χ4v) is 1.08. The van der Waals surface area contributed by atoms with Gasteiger partial charge in [0.2, 0.25) is 0 Å². The van der Waals surface area contributed by atoms with Gasteiger partial charge in [0, 0.05) is 6.21 Å². The minimum atomic E-state index is 0.651. The van der Waals surface area contributed by atoms with Crippen LogP contribution in [0.25, 0.3) is 0 Å². The Morgan fingerprint density at radius 1 is 1.47 bits per heavy atom. The van der Waals surface area contributed by atoms with Crippen LogP contribution in [0.1, 0.15) is 34.1 Å². The Kier molecular flexibility index (Phi) is 6.18. The Hall–Kier alpha value is -1.51. The van der Waals surface area contributed by atoms with Gasteiger partial charge in [-0.25, -0.2) is 4.99 Å². The summed E-state index contributed by atoms with van der Waals surface area (Å²) in [6.45, 7) is 11.6. The second-order valence-corrected chi connectivity index (χ2v) is 3.26. The van der Waals surface area contributed by atoms with E-state index in [-0.39, 0.29) is 0 Å². The summed E-state index contributed by atoms with van der Waals surface area (Å²) in [5.41, 5.74) is 9.02. The van der Waals surface area contributed by atoms with Crippen molar-refractivity contribution in [3.8, 4) is 0 Å². The molecule has 0 atom stereocenters. The number of nitrogens with zero attached hydrogens (tertiary/aromatic N) is 1. The summed E-state index contributed by atoms with van der Waals surface area (Å²) in [5, 5.41) is 2.93. The Balaban J connectivity index is 5.25. The van der Waals surface area contributed by atoms with Crippen molar-refractivity contribution >= 4 is 6.21 Å². The van der Waals surface area contributed by atoms with Crippen molar-refractivity contribution in [2.45, 2.75) is 34.1 Å². The van der Waals surface area contributed by atoms with E-state index in [2.05, 4.69) is 30.7 Å². The second-order valence-electron chi connectivity index (χ2n) is 3.26. The molecule has 3 nitrogen and oxygen atoms in total. The predicted octanol–water partition coefficient (Wildman–Crippen LogP) is 2.68. The third kappa shape index (κ3) is 4.02. The first-order valence-corrected chi connectivity index (χ1v) is 5.11. The number of aliphatic imine (C=N–C) groups is 1. The summed E-state index contributed by atoms with van der Waals surface area (Å²) in [5.74, 6) is 0.651. The standard InChI is InChI=1S/C12H21N3/c1-6-9(4)10(5)11(13)12(14-7-2)15-8-3/h7-8,14H,2,6,13H2,1,3-5H3/b10-9-,12-11+,15-8-. The SMILES string of the molecule is C=CNC(/N=C\C)=C(N)/C(C)=C(/C)CC. The summed E-state index contributed by atoms with van der Waals surface area (Å²) in [6, 6.07) is 0. The third-order valence-electron chi connectivity index (χ3n) is 2.33. The molecule has 0 aliphatic heterocycles. The van der Waals surface area contributed by atoms with Crippen molar-refractivity contribution in [1.82, 2.24) is 5.32 Å². The van der Waals surface area contributed by atoms with E-state index in [1.165, 1.54) is 5.57 Å². The van der Waals surface area contributed by atoms with Crippen LogP contribution in [0.15, 0.2) is 40.4 Å². The minimum absolute atomic E-state index is 0.651. The van der Waals surface area contributed by atoms with E-state index in [4.69, 9.17) is 5.73 Å². The molecule has 0 aromatic rings.